The number of hydrogen-bond donors (Lipinski definition) is 1. The first kappa shape index (κ1) is 13.7. The van der Waals surface area contributed by atoms with Gasteiger partial charge in [0.15, 0.2) is 0 Å². The summed E-state index contributed by atoms with van der Waals surface area (Å²) in [5.74, 6) is 0.653. The van der Waals surface area contributed by atoms with E-state index < -0.39 is 6.10 Å². The van der Waals surface area contributed by atoms with Crippen molar-refractivity contribution in [2.24, 2.45) is 5.92 Å². The van der Waals surface area contributed by atoms with Gasteiger partial charge in [-0.1, -0.05) is 25.3 Å². The van der Waals surface area contributed by atoms with Crippen LogP contribution in [0.15, 0.2) is 12.2 Å². The lowest BCUT2D eigenvalue weighted by Crippen LogP contribution is -2.48. The maximum atomic E-state index is 10.4. The van der Waals surface area contributed by atoms with E-state index in [9.17, 15) is 5.11 Å². The smallest absolute Gasteiger partial charge is 0.0945 e. The van der Waals surface area contributed by atoms with Crippen molar-refractivity contribution in [2.45, 2.75) is 64.6 Å². The molecule has 1 aliphatic rings. The van der Waals surface area contributed by atoms with Crippen molar-refractivity contribution in [2.75, 3.05) is 6.61 Å². The highest BCUT2D eigenvalue weighted by molar-refractivity contribution is 5.00. The molecule has 0 radical (unpaired) electrons. The molecule has 3 atom stereocenters. The normalized spacial score (nSPS) is 32.4. The van der Waals surface area contributed by atoms with E-state index in [-0.39, 0.29) is 5.60 Å². The predicted molar refractivity (Wildman–Crippen MR) is 67.4 cm³/mol. The summed E-state index contributed by atoms with van der Waals surface area (Å²) in [6, 6.07) is 0. The molecule has 0 heterocycles. The molecule has 0 aromatic carbocycles. The van der Waals surface area contributed by atoms with Gasteiger partial charge in [0.25, 0.3) is 0 Å². The molecule has 0 bridgehead atoms. The molecule has 0 aromatic heterocycles. The molecular weight excluding hydrogens is 200 g/mol. The lowest BCUT2D eigenvalue weighted by molar-refractivity contribution is -0.146. The third-order valence-corrected chi connectivity index (χ3v) is 3.57. The van der Waals surface area contributed by atoms with E-state index in [0.717, 1.165) is 24.8 Å². The van der Waals surface area contributed by atoms with Gasteiger partial charge >= 0.3 is 0 Å². The first-order chi connectivity index (χ1) is 7.50. The Kier molecular flexibility index (Phi) is 5.00. The molecule has 94 valence electrons. The molecule has 0 spiro atoms. The Morgan fingerprint density at radius 2 is 2.31 bits per heavy atom. The minimum Gasteiger partial charge on any atom is -0.390 e. The van der Waals surface area contributed by atoms with Crippen molar-refractivity contribution in [1.29, 1.82) is 0 Å². The zero-order chi connectivity index (χ0) is 12.2. The van der Waals surface area contributed by atoms with Crippen molar-refractivity contribution in [3.8, 4) is 0 Å². The van der Waals surface area contributed by atoms with Gasteiger partial charge in [0, 0.05) is 6.61 Å². The van der Waals surface area contributed by atoms with Gasteiger partial charge in [-0.3, -0.25) is 0 Å². The summed E-state index contributed by atoms with van der Waals surface area (Å²) in [5.41, 5.74) is 0.718. The monoisotopic (exact) mass is 226 g/mol. The second-order valence-corrected chi connectivity index (χ2v) is 5.38. The Balaban J connectivity index is 2.73. The summed E-state index contributed by atoms with van der Waals surface area (Å²) < 4.78 is 5.91. The van der Waals surface area contributed by atoms with Crippen LogP contribution in [0.1, 0.15) is 52.9 Å². The van der Waals surface area contributed by atoms with E-state index >= 15 is 0 Å². The third kappa shape index (κ3) is 3.33. The highest BCUT2D eigenvalue weighted by Crippen LogP contribution is 2.39. The van der Waals surface area contributed by atoms with Crippen LogP contribution in [-0.2, 0) is 4.74 Å². The van der Waals surface area contributed by atoms with Crippen LogP contribution in [0.5, 0.6) is 0 Å². The molecule has 0 aliphatic heterocycles. The van der Waals surface area contributed by atoms with Crippen LogP contribution in [0.3, 0.4) is 0 Å². The van der Waals surface area contributed by atoms with Gasteiger partial charge in [-0.25, -0.2) is 0 Å². The predicted octanol–water partition coefficient (Wildman–Crippen LogP) is 3.30. The Morgan fingerprint density at radius 3 is 2.81 bits per heavy atom. The van der Waals surface area contributed by atoms with Crippen molar-refractivity contribution in [3.63, 3.8) is 0 Å². The van der Waals surface area contributed by atoms with E-state index in [2.05, 4.69) is 13.5 Å². The standard InChI is InChI=1S/C14H26O2/c1-5-16-14(13(15)9-11(2)3)8-6-7-12(4)10-14/h12-13,15H,2,5-10H2,1,3-4H3. The van der Waals surface area contributed by atoms with E-state index in [0.29, 0.717) is 18.9 Å². The van der Waals surface area contributed by atoms with Crippen LogP contribution in [0, 0.1) is 5.92 Å². The van der Waals surface area contributed by atoms with Crippen LogP contribution in [0.4, 0.5) is 0 Å². The number of aliphatic hydroxyl groups excluding tert-OH is 1. The lowest BCUT2D eigenvalue weighted by atomic mass is 9.74. The Bertz CT molecular complexity index is 233. The van der Waals surface area contributed by atoms with E-state index in [1.165, 1.54) is 6.42 Å². The minimum atomic E-state index is -0.396. The van der Waals surface area contributed by atoms with E-state index in [1.807, 2.05) is 13.8 Å². The Morgan fingerprint density at radius 1 is 1.62 bits per heavy atom. The number of rotatable bonds is 5. The van der Waals surface area contributed by atoms with Gasteiger partial charge in [0.1, 0.15) is 0 Å². The first-order valence-electron chi connectivity index (χ1n) is 6.46. The first-order valence-corrected chi connectivity index (χ1v) is 6.46. The second kappa shape index (κ2) is 5.83. The maximum Gasteiger partial charge on any atom is 0.0945 e. The van der Waals surface area contributed by atoms with E-state index in [4.69, 9.17) is 4.74 Å². The summed E-state index contributed by atoms with van der Waals surface area (Å²) in [6.07, 6.45) is 4.65. The van der Waals surface area contributed by atoms with Crippen LogP contribution >= 0.6 is 0 Å². The molecule has 16 heavy (non-hydrogen) atoms. The Labute approximate surface area is 99.7 Å². The van der Waals surface area contributed by atoms with Gasteiger partial charge in [0.05, 0.1) is 11.7 Å². The zero-order valence-corrected chi connectivity index (χ0v) is 11.0. The maximum absolute atomic E-state index is 10.4. The van der Waals surface area contributed by atoms with Gasteiger partial charge in [-0.05, 0) is 39.0 Å². The third-order valence-electron chi connectivity index (χ3n) is 3.57. The lowest BCUT2D eigenvalue weighted by Gasteiger charge is -2.43. The summed E-state index contributed by atoms with van der Waals surface area (Å²) in [7, 11) is 0. The minimum absolute atomic E-state index is 0.314. The van der Waals surface area contributed by atoms with E-state index in [1.54, 1.807) is 0 Å². The topological polar surface area (TPSA) is 29.5 Å². The molecule has 1 N–H and O–H groups in total. The molecule has 0 amide bonds. The van der Waals surface area contributed by atoms with Crippen molar-refractivity contribution < 1.29 is 9.84 Å². The summed E-state index contributed by atoms with van der Waals surface area (Å²) in [6.45, 7) is 10.8. The quantitative estimate of drug-likeness (QED) is 0.729. The zero-order valence-electron chi connectivity index (χ0n) is 11.0. The van der Waals surface area contributed by atoms with Gasteiger partial charge in [-0.15, -0.1) is 6.58 Å². The second-order valence-electron chi connectivity index (χ2n) is 5.38. The fourth-order valence-electron chi connectivity index (χ4n) is 2.88. The van der Waals surface area contributed by atoms with Crippen molar-refractivity contribution in [3.05, 3.63) is 12.2 Å². The molecular formula is C14H26O2. The average Bonchev–Trinajstić information content (AvgIpc) is 2.17. The largest absolute Gasteiger partial charge is 0.390 e. The Hall–Kier alpha value is -0.340. The molecule has 1 saturated carbocycles. The van der Waals surface area contributed by atoms with Crippen LogP contribution in [0.25, 0.3) is 0 Å². The van der Waals surface area contributed by atoms with Crippen LogP contribution < -0.4 is 0 Å². The molecule has 2 nitrogen and oxygen atoms in total. The SMILES string of the molecule is C=C(C)CC(O)C1(OCC)CCCC(C)C1. The molecule has 3 unspecified atom stereocenters. The van der Waals surface area contributed by atoms with Crippen molar-refractivity contribution in [1.82, 2.24) is 0 Å². The number of hydrogen-bond acceptors (Lipinski definition) is 2. The highest BCUT2D eigenvalue weighted by Gasteiger charge is 2.41. The fourth-order valence-corrected chi connectivity index (χ4v) is 2.88. The molecule has 2 heteroatoms. The molecule has 1 aliphatic carbocycles. The van der Waals surface area contributed by atoms with Crippen molar-refractivity contribution >= 4 is 0 Å². The summed E-state index contributed by atoms with van der Waals surface area (Å²) >= 11 is 0. The number of aliphatic hydroxyl groups is 1. The molecule has 0 aromatic rings. The van der Waals surface area contributed by atoms with Crippen LogP contribution in [-0.4, -0.2) is 23.4 Å². The van der Waals surface area contributed by atoms with Crippen LogP contribution in [0.2, 0.25) is 0 Å². The number of ether oxygens (including phenoxy) is 1. The van der Waals surface area contributed by atoms with Gasteiger partial charge in [0.2, 0.25) is 0 Å². The molecule has 1 fully saturated rings. The van der Waals surface area contributed by atoms with Gasteiger partial charge in [-0.2, -0.15) is 0 Å². The highest BCUT2D eigenvalue weighted by atomic mass is 16.5. The summed E-state index contributed by atoms with van der Waals surface area (Å²) in [5, 5.41) is 10.4. The average molecular weight is 226 g/mol. The van der Waals surface area contributed by atoms with Gasteiger partial charge < -0.3 is 9.84 Å². The molecule has 1 rings (SSSR count). The molecule has 0 saturated heterocycles. The fraction of sp³-hybridized carbons (Fsp3) is 0.857. The summed E-state index contributed by atoms with van der Waals surface area (Å²) in [4.78, 5) is 0.